The Labute approximate surface area is 175 Å². The zero-order valence-electron chi connectivity index (χ0n) is 16.2. The van der Waals surface area contributed by atoms with Gasteiger partial charge in [-0.2, -0.15) is 5.26 Å². The number of aromatic amines is 1. The van der Waals surface area contributed by atoms with Crippen molar-refractivity contribution in [3.8, 4) is 23.2 Å². The van der Waals surface area contributed by atoms with Crippen LogP contribution in [0.5, 0.6) is 5.88 Å². The van der Waals surface area contributed by atoms with Gasteiger partial charge in [0.25, 0.3) is 5.69 Å². The maximum absolute atomic E-state index is 11.7. The summed E-state index contributed by atoms with van der Waals surface area (Å²) in [6, 6.07) is 14.6. The zero-order chi connectivity index (χ0) is 22.1. The normalized spacial score (nSPS) is 14.9. The Hall–Kier alpha value is -4.65. The standard InChI is InChI=1S/C21H15N5O5/c1-30-21(27)12-7-5-11(6-8-12)18-17-16(13-3-2-4-14(9-13)26(28)29)15(10-22)19(23)31-20(17)25-24-18/h2-9,16H,23H2,1H3,(H,24,25)/t16-/m1/s1. The van der Waals surface area contributed by atoms with Crippen molar-refractivity contribution in [2.24, 2.45) is 5.73 Å². The number of nitrogens with zero attached hydrogens (tertiary/aromatic N) is 3. The summed E-state index contributed by atoms with van der Waals surface area (Å²) < 4.78 is 10.2. The molecule has 0 aliphatic carbocycles. The SMILES string of the molecule is COC(=O)c1ccc(-c2[nH]nc3c2[C@H](c2cccc([N+](=O)[O-])c2)C(C#N)=C(N)O3)cc1. The molecule has 4 rings (SSSR count). The number of nitro groups is 1. The molecule has 1 atom stereocenters. The van der Waals surface area contributed by atoms with Gasteiger partial charge >= 0.3 is 5.97 Å². The quantitative estimate of drug-likeness (QED) is 0.372. The highest BCUT2D eigenvalue weighted by atomic mass is 16.6. The second-order valence-corrected chi connectivity index (χ2v) is 6.66. The molecule has 10 nitrogen and oxygen atoms in total. The first-order valence-electron chi connectivity index (χ1n) is 9.03. The summed E-state index contributed by atoms with van der Waals surface area (Å²) in [5, 5.41) is 28.1. The highest BCUT2D eigenvalue weighted by molar-refractivity contribution is 5.90. The van der Waals surface area contributed by atoms with Crippen LogP contribution in [-0.4, -0.2) is 28.2 Å². The molecule has 2 aromatic carbocycles. The number of ether oxygens (including phenoxy) is 2. The number of hydrogen-bond acceptors (Lipinski definition) is 8. The van der Waals surface area contributed by atoms with Crippen LogP contribution in [0.25, 0.3) is 11.3 Å². The van der Waals surface area contributed by atoms with Crippen molar-refractivity contribution >= 4 is 11.7 Å². The van der Waals surface area contributed by atoms with Crippen LogP contribution in [0.15, 0.2) is 60.0 Å². The van der Waals surface area contributed by atoms with E-state index >= 15 is 0 Å². The molecule has 3 aromatic rings. The first-order valence-corrected chi connectivity index (χ1v) is 9.03. The number of esters is 1. The van der Waals surface area contributed by atoms with Crippen molar-refractivity contribution in [2.75, 3.05) is 7.11 Å². The molecular weight excluding hydrogens is 402 g/mol. The molecule has 0 amide bonds. The number of hydrogen-bond donors (Lipinski definition) is 2. The lowest BCUT2D eigenvalue weighted by molar-refractivity contribution is -0.384. The van der Waals surface area contributed by atoms with Gasteiger partial charge in [-0.05, 0) is 17.7 Å². The van der Waals surface area contributed by atoms with Crippen LogP contribution in [-0.2, 0) is 4.74 Å². The van der Waals surface area contributed by atoms with E-state index in [1.165, 1.54) is 19.2 Å². The molecule has 2 heterocycles. The van der Waals surface area contributed by atoms with Crippen LogP contribution in [0.4, 0.5) is 5.69 Å². The molecule has 1 aromatic heterocycles. The lowest BCUT2D eigenvalue weighted by Crippen LogP contribution is -2.21. The van der Waals surface area contributed by atoms with E-state index in [0.29, 0.717) is 27.9 Å². The number of methoxy groups -OCH3 is 1. The van der Waals surface area contributed by atoms with Crippen molar-refractivity contribution in [1.29, 1.82) is 5.26 Å². The molecular formula is C21H15N5O5. The number of H-pyrrole nitrogens is 1. The Morgan fingerprint density at radius 3 is 2.71 bits per heavy atom. The Kier molecular flexibility index (Phi) is 4.85. The van der Waals surface area contributed by atoms with Crippen molar-refractivity contribution in [3.63, 3.8) is 0 Å². The number of nitrogens with one attached hydrogen (secondary N) is 1. The Balaban J connectivity index is 1.88. The zero-order valence-corrected chi connectivity index (χ0v) is 16.2. The van der Waals surface area contributed by atoms with E-state index in [4.69, 9.17) is 15.2 Å². The first kappa shape index (κ1) is 19.7. The predicted octanol–water partition coefficient (Wildman–Crippen LogP) is 2.99. The maximum Gasteiger partial charge on any atom is 0.337 e. The van der Waals surface area contributed by atoms with Gasteiger partial charge in [-0.1, -0.05) is 24.3 Å². The third-order valence-electron chi connectivity index (χ3n) is 4.95. The molecule has 1 aliphatic rings. The number of carbonyl (C=O) groups excluding carboxylic acids is 1. The monoisotopic (exact) mass is 417 g/mol. The number of benzene rings is 2. The van der Waals surface area contributed by atoms with Crippen LogP contribution >= 0.6 is 0 Å². The van der Waals surface area contributed by atoms with E-state index in [0.717, 1.165) is 0 Å². The maximum atomic E-state index is 11.7. The van der Waals surface area contributed by atoms with Crippen molar-refractivity contribution in [3.05, 3.63) is 86.8 Å². The van der Waals surface area contributed by atoms with Crippen molar-refractivity contribution < 1.29 is 19.2 Å². The predicted molar refractivity (Wildman–Crippen MR) is 108 cm³/mol. The van der Waals surface area contributed by atoms with E-state index in [2.05, 4.69) is 10.2 Å². The van der Waals surface area contributed by atoms with Gasteiger partial charge in [0.15, 0.2) is 0 Å². The van der Waals surface area contributed by atoms with E-state index in [9.17, 15) is 20.2 Å². The molecule has 0 unspecified atom stereocenters. The summed E-state index contributed by atoms with van der Waals surface area (Å²) in [6.07, 6.45) is 0. The minimum Gasteiger partial charge on any atom is -0.465 e. The molecule has 0 radical (unpaired) electrons. The average molecular weight is 417 g/mol. The van der Waals surface area contributed by atoms with E-state index in [-0.39, 0.29) is 23.0 Å². The summed E-state index contributed by atoms with van der Waals surface area (Å²) in [6.45, 7) is 0. The van der Waals surface area contributed by atoms with E-state index in [1.54, 1.807) is 36.4 Å². The number of nitriles is 1. The van der Waals surface area contributed by atoms with Gasteiger partial charge in [0, 0.05) is 17.7 Å². The molecule has 0 bridgehead atoms. The summed E-state index contributed by atoms with van der Waals surface area (Å²) in [5.74, 6) is -1.16. The number of allylic oxidation sites excluding steroid dienone is 1. The molecule has 0 saturated carbocycles. The summed E-state index contributed by atoms with van der Waals surface area (Å²) in [5.41, 5.74) is 8.51. The number of nitrogens with two attached hydrogens (primary N) is 1. The summed E-state index contributed by atoms with van der Waals surface area (Å²) in [4.78, 5) is 22.5. The van der Waals surface area contributed by atoms with Gasteiger partial charge in [0.2, 0.25) is 11.8 Å². The minimum absolute atomic E-state index is 0.113. The smallest absolute Gasteiger partial charge is 0.337 e. The number of aromatic nitrogens is 2. The molecule has 0 fully saturated rings. The van der Waals surface area contributed by atoms with E-state index < -0.39 is 16.8 Å². The van der Waals surface area contributed by atoms with Gasteiger partial charge in [-0.3, -0.25) is 15.2 Å². The average Bonchev–Trinajstić information content (AvgIpc) is 3.20. The number of fused-ring (bicyclic) bond motifs is 1. The molecule has 3 N–H and O–H groups in total. The molecule has 1 aliphatic heterocycles. The number of nitro benzene ring substituents is 1. The summed E-state index contributed by atoms with van der Waals surface area (Å²) >= 11 is 0. The third-order valence-corrected chi connectivity index (χ3v) is 4.95. The van der Waals surface area contributed by atoms with Crippen molar-refractivity contribution in [2.45, 2.75) is 5.92 Å². The number of rotatable bonds is 4. The molecule has 0 spiro atoms. The number of non-ortho nitro benzene ring substituents is 1. The fourth-order valence-corrected chi connectivity index (χ4v) is 3.51. The lowest BCUT2D eigenvalue weighted by Gasteiger charge is -2.24. The van der Waals surface area contributed by atoms with Gasteiger partial charge in [0.1, 0.15) is 11.6 Å². The number of carbonyl (C=O) groups is 1. The third kappa shape index (κ3) is 3.34. The minimum atomic E-state index is -0.734. The first-order chi connectivity index (χ1) is 14.9. The molecule has 0 saturated heterocycles. The van der Waals surface area contributed by atoms with E-state index in [1.807, 2.05) is 6.07 Å². The fraction of sp³-hybridized carbons (Fsp3) is 0.0952. The highest BCUT2D eigenvalue weighted by Gasteiger charge is 2.36. The van der Waals surface area contributed by atoms with Gasteiger partial charge in [-0.15, -0.1) is 5.10 Å². The lowest BCUT2D eigenvalue weighted by atomic mass is 9.83. The fourth-order valence-electron chi connectivity index (χ4n) is 3.51. The van der Waals surface area contributed by atoms with Gasteiger partial charge < -0.3 is 15.2 Å². The summed E-state index contributed by atoms with van der Waals surface area (Å²) in [7, 11) is 1.29. The molecule has 154 valence electrons. The van der Waals surface area contributed by atoms with Crippen LogP contribution < -0.4 is 10.5 Å². The second-order valence-electron chi connectivity index (χ2n) is 6.66. The van der Waals surface area contributed by atoms with Crippen LogP contribution in [0, 0.1) is 21.4 Å². The van der Waals surface area contributed by atoms with Crippen LogP contribution in [0.2, 0.25) is 0 Å². The van der Waals surface area contributed by atoms with Crippen LogP contribution in [0.3, 0.4) is 0 Å². The van der Waals surface area contributed by atoms with Gasteiger partial charge in [0.05, 0.1) is 34.8 Å². The van der Waals surface area contributed by atoms with Crippen molar-refractivity contribution in [1.82, 2.24) is 10.2 Å². The second kappa shape index (κ2) is 7.64. The Bertz CT molecular complexity index is 1270. The topological polar surface area (TPSA) is 157 Å². The molecule has 10 heteroatoms. The van der Waals surface area contributed by atoms with Crippen LogP contribution in [0.1, 0.15) is 27.4 Å². The Morgan fingerprint density at radius 1 is 1.32 bits per heavy atom. The molecule has 31 heavy (non-hydrogen) atoms. The van der Waals surface area contributed by atoms with Gasteiger partial charge in [-0.25, -0.2) is 4.79 Å². The highest BCUT2D eigenvalue weighted by Crippen LogP contribution is 2.46. The largest absolute Gasteiger partial charge is 0.465 e. The Morgan fingerprint density at radius 2 is 2.06 bits per heavy atom.